The predicted octanol–water partition coefficient (Wildman–Crippen LogP) is -0.428. The van der Waals surface area contributed by atoms with Crippen LogP contribution >= 0.6 is 0 Å². The van der Waals surface area contributed by atoms with E-state index in [-0.39, 0.29) is 26.4 Å². The molecule has 0 bridgehead atoms. The molecule has 1 aromatic carbocycles. The van der Waals surface area contributed by atoms with Crippen molar-refractivity contribution in [2.75, 3.05) is 26.9 Å². The highest BCUT2D eigenvalue weighted by atomic mass is 19.1. The van der Waals surface area contributed by atoms with E-state index in [0.29, 0.717) is 5.56 Å². The second kappa shape index (κ2) is 8.05. The number of fused-ring (bicyclic) bond motifs is 1. The molecule has 9 nitrogen and oxygen atoms in total. The number of carbonyl (C=O) groups excluding carboxylic acids is 2. The van der Waals surface area contributed by atoms with Crippen LogP contribution in [0.2, 0.25) is 0 Å². The van der Waals surface area contributed by atoms with Crippen LogP contribution in [-0.2, 0) is 25.7 Å². The lowest BCUT2D eigenvalue weighted by Crippen LogP contribution is -2.68. The highest BCUT2D eigenvalue weighted by Crippen LogP contribution is 2.27. The minimum Gasteiger partial charge on any atom is -0.478 e. The van der Waals surface area contributed by atoms with E-state index in [2.05, 4.69) is 0 Å². The number of Topliss-reactive ketones (excluding diaryl/α,β-unsaturated/α-hetero) is 1. The number of methoxy groups -OCH3 is 1. The molecule has 1 amide bonds. The van der Waals surface area contributed by atoms with Gasteiger partial charge in [-0.15, -0.1) is 0 Å². The van der Waals surface area contributed by atoms with Gasteiger partial charge in [0.15, 0.2) is 6.04 Å². The van der Waals surface area contributed by atoms with Crippen LogP contribution in [0.3, 0.4) is 0 Å². The van der Waals surface area contributed by atoms with Crippen LogP contribution in [0, 0.1) is 5.82 Å². The number of aliphatic hydroxyl groups excluding tert-OH is 1. The summed E-state index contributed by atoms with van der Waals surface area (Å²) in [5.74, 6) is -3.41. The van der Waals surface area contributed by atoms with Gasteiger partial charge in [-0.3, -0.25) is 14.6 Å². The molecule has 28 heavy (non-hydrogen) atoms. The second-order valence-corrected chi connectivity index (χ2v) is 6.51. The molecular formula is C18H20FN3O6. The van der Waals surface area contributed by atoms with E-state index in [1.165, 1.54) is 29.2 Å². The number of hydrogen-bond donors (Lipinski definition) is 2. The zero-order valence-electron chi connectivity index (χ0n) is 15.1. The van der Waals surface area contributed by atoms with Gasteiger partial charge in [-0.1, -0.05) is 12.1 Å². The molecule has 2 atom stereocenters. The number of aliphatic carboxylic acids is 1. The van der Waals surface area contributed by atoms with Crippen molar-refractivity contribution in [3.8, 4) is 0 Å². The van der Waals surface area contributed by atoms with Crippen LogP contribution < -0.4 is 0 Å². The maximum absolute atomic E-state index is 13.2. The molecule has 10 heteroatoms. The van der Waals surface area contributed by atoms with Crippen LogP contribution in [0.4, 0.5) is 4.39 Å². The van der Waals surface area contributed by atoms with Gasteiger partial charge in [0.1, 0.15) is 17.5 Å². The molecule has 150 valence electrons. The van der Waals surface area contributed by atoms with Gasteiger partial charge in [-0.2, -0.15) is 5.01 Å². The topological polar surface area (TPSA) is 111 Å². The smallest absolute Gasteiger partial charge is 0.340 e. The summed E-state index contributed by atoms with van der Waals surface area (Å²) in [6, 6.07) is 4.43. The molecule has 1 saturated heterocycles. The number of hydrazine groups is 1. The lowest BCUT2D eigenvalue weighted by atomic mass is 9.95. The molecule has 0 aromatic heterocycles. The summed E-state index contributed by atoms with van der Waals surface area (Å²) in [5.41, 5.74) is 0.101. The number of benzene rings is 1. The Morgan fingerprint density at radius 1 is 1.29 bits per heavy atom. The first-order valence-electron chi connectivity index (χ1n) is 8.56. The van der Waals surface area contributed by atoms with Crippen LogP contribution in [0.15, 0.2) is 36.0 Å². The number of ether oxygens (including phenoxy) is 1. The molecule has 0 radical (unpaired) electrons. The predicted molar refractivity (Wildman–Crippen MR) is 92.8 cm³/mol. The van der Waals surface area contributed by atoms with E-state index in [4.69, 9.17) is 4.74 Å². The van der Waals surface area contributed by atoms with Gasteiger partial charge < -0.3 is 19.8 Å². The fourth-order valence-electron chi connectivity index (χ4n) is 3.23. The maximum atomic E-state index is 13.2. The number of hydrogen-bond acceptors (Lipinski definition) is 7. The third-order valence-electron chi connectivity index (χ3n) is 4.68. The lowest BCUT2D eigenvalue weighted by molar-refractivity contribution is -0.183. The lowest BCUT2D eigenvalue weighted by Gasteiger charge is -2.50. The largest absolute Gasteiger partial charge is 0.478 e. The summed E-state index contributed by atoms with van der Waals surface area (Å²) in [6.45, 7) is 0.775. The number of halogens is 1. The van der Waals surface area contributed by atoms with Crippen molar-refractivity contribution >= 4 is 17.7 Å². The maximum Gasteiger partial charge on any atom is 0.340 e. The van der Waals surface area contributed by atoms with E-state index in [9.17, 15) is 29.0 Å². The summed E-state index contributed by atoms with van der Waals surface area (Å²) in [6.07, 6.45) is -0.749. The van der Waals surface area contributed by atoms with Crippen molar-refractivity contribution in [2.45, 2.75) is 18.7 Å². The highest BCUT2D eigenvalue weighted by Gasteiger charge is 2.49. The molecule has 0 saturated carbocycles. The monoisotopic (exact) mass is 393 g/mol. The average Bonchev–Trinajstić information content (AvgIpc) is 2.66. The first kappa shape index (κ1) is 19.9. The van der Waals surface area contributed by atoms with Gasteiger partial charge in [0.25, 0.3) is 5.91 Å². The second-order valence-electron chi connectivity index (χ2n) is 6.51. The minimum absolute atomic E-state index is 0.0837. The van der Waals surface area contributed by atoms with Gasteiger partial charge in [-0.25, -0.2) is 9.18 Å². The quantitative estimate of drug-likeness (QED) is 0.627. The molecule has 2 aliphatic heterocycles. The number of ketones is 1. The number of aliphatic hydroxyl groups is 1. The van der Waals surface area contributed by atoms with E-state index in [1.807, 2.05) is 0 Å². The van der Waals surface area contributed by atoms with Gasteiger partial charge in [-0.05, 0) is 17.7 Å². The van der Waals surface area contributed by atoms with Gasteiger partial charge in [0.2, 0.25) is 5.78 Å². The minimum atomic E-state index is -1.82. The Bertz CT molecular complexity index is 812. The molecule has 2 aliphatic rings. The summed E-state index contributed by atoms with van der Waals surface area (Å²) < 4.78 is 18.2. The number of amides is 1. The first-order valence-corrected chi connectivity index (χ1v) is 8.56. The highest BCUT2D eigenvalue weighted by molar-refractivity contribution is 6.20. The zero-order chi connectivity index (χ0) is 20.4. The van der Waals surface area contributed by atoms with Crippen molar-refractivity contribution < 1.29 is 33.7 Å². The Morgan fingerprint density at radius 2 is 1.96 bits per heavy atom. The van der Waals surface area contributed by atoms with Crippen LogP contribution in [0.5, 0.6) is 0 Å². The molecule has 2 N–H and O–H groups in total. The Labute approximate surface area is 160 Å². The number of carboxylic acids is 1. The van der Waals surface area contributed by atoms with Gasteiger partial charge in [0, 0.05) is 26.4 Å². The molecule has 1 aromatic rings. The normalized spacial score (nSPS) is 22.9. The first-order chi connectivity index (χ1) is 13.3. The summed E-state index contributed by atoms with van der Waals surface area (Å²) in [4.78, 5) is 37.8. The average molecular weight is 393 g/mol. The fraction of sp³-hybridized carbons (Fsp3) is 0.389. The van der Waals surface area contributed by atoms with Crippen molar-refractivity contribution in [1.29, 1.82) is 0 Å². The Balaban J connectivity index is 1.96. The number of rotatable bonds is 6. The molecule has 0 aliphatic carbocycles. The Kier molecular flexibility index (Phi) is 5.73. The molecule has 1 fully saturated rings. The van der Waals surface area contributed by atoms with Crippen LogP contribution in [-0.4, -0.2) is 81.9 Å². The van der Waals surface area contributed by atoms with Crippen molar-refractivity contribution in [1.82, 2.24) is 14.9 Å². The third-order valence-corrected chi connectivity index (χ3v) is 4.68. The van der Waals surface area contributed by atoms with E-state index < -0.39 is 41.2 Å². The molecule has 2 heterocycles. The van der Waals surface area contributed by atoms with E-state index in [1.54, 1.807) is 17.1 Å². The Morgan fingerprint density at radius 3 is 2.57 bits per heavy atom. The van der Waals surface area contributed by atoms with Crippen LogP contribution in [0.1, 0.15) is 5.56 Å². The number of carbonyl (C=O) groups is 3. The van der Waals surface area contributed by atoms with Gasteiger partial charge >= 0.3 is 5.97 Å². The fourth-order valence-corrected chi connectivity index (χ4v) is 3.23. The van der Waals surface area contributed by atoms with Gasteiger partial charge in [0.05, 0.1) is 13.3 Å². The van der Waals surface area contributed by atoms with Crippen molar-refractivity contribution in [2.24, 2.45) is 0 Å². The van der Waals surface area contributed by atoms with Crippen molar-refractivity contribution in [3.63, 3.8) is 0 Å². The summed E-state index contributed by atoms with van der Waals surface area (Å²) >= 11 is 0. The third kappa shape index (κ3) is 3.75. The Hall–Kier alpha value is -2.82. The molecule has 0 spiro atoms. The summed E-state index contributed by atoms with van der Waals surface area (Å²) in [5, 5.41) is 22.5. The van der Waals surface area contributed by atoms with Crippen LogP contribution in [0.25, 0.3) is 0 Å². The molecular weight excluding hydrogens is 373 g/mol. The zero-order valence-corrected chi connectivity index (χ0v) is 15.1. The van der Waals surface area contributed by atoms with E-state index in [0.717, 1.165) is 6.20 Å². The number of carboxylic acid groups (broad SMARTS) is 1. The van der Waals surface area contributed by atoms with Crippen molar-refractivity contribution in [3.05, 3.63) is 47.4 Å². The summed E-state index contributed by atoms with van der Waals surface area (Å²) in [7, 11) is 1.48. The number of nitrogens with zero attached hydrogens (tertiary/aromatic N) is 3. The molecule has 3 rings (SSSR count). The SMILES string of the molecule is COCCN1CN(Cc2ccc(F)cc2)N2C=C(C(=O)O)C(=O)[C@@H](O)C2C1=O. The molecule has 1 unspecified atom stereocenters. The standard InChI is InChI=1S/C18H20FN3O6/c1-28-7-6-20-10-21(8-11-2-4-12(19)5-3-11)22-9-13(18(26)27)15(23)16(24)14(22)17(20)25/h2-5,9,14,16,24H,6-8,10H2,1H3,(H,26,27)/t14?,16-/m0/s1. The van der Waals surface area contributed by atoms with E-state index >= 15 is 0 Å².